The van der Waals surface area contributed by atoms with Gasteiger partial charge in [-0.05, 0) is 62.6 Å². The van der Waals surface area contributed by atoms with Crippen LogP contribution in [0.1, 0.15) is 46.1 Å². The summed E-state index contributed by atoms with van der Waals surface area (Å²) in [6, 6.07) is 16.3. The van der Waals surface area contributed by atoms with Gasteiger partial charge in [-0.25, -0.2) is 0 Å². The summed E-state index contributed by atoms with van der Waals surface area (Å²) in [5.74, 6) is 0.888. The fourth-order valence-electron chi connectivity index (χ4n) is 3.97. The largest absolute Gasteiger partial charge is 0.497 e. The molecular weight excluding hydrogens is 336 g/mol. The van der Waals surface area contributed by atoms with Crippen LogP contribution in [0.5, 0.6) is 5.75 Å². The van der Waals surface area contributed by atoms with E-state index >= 15 is 0 Å². The highest BCUT2D eigenvalue weighted by Gasteiger charge is 2.31. The lowest BCUT2D eigenvalue weighted by molar-refractivity contribution is 0.0734. The molecule has 0 radical (unpaired) electrons. The Bertz CT molecular complexity index is 1010. The highest BCUT2D eigenvalue weighted by Crippen LogP contribution is 2.35. The van der Waals surface area contributed by atoms with Crippen molar-refractivity contribution in [2.45, 2.75) is 32.7 Å². The number of benzene rings is 2. The van der Waals surface area contributed by atoms with Gasteiger partial charge in [-0.1, -0.05) is 23.8 Å². The first-order chi connectivity index (χ1) is 13.1. The van der Waals surface area contributed by atoms with Crippen molar-refractivity contribution in [3.8, 4) is 5.75 Å². The number of aromatic nitrogens is 1. The molecule has 1 fully saturated rings. The van der Waals surface area contributed by atoms with E-state index in [-0.39, 0.29) is 11.9 Å². The number of pyridine rings is 1. The van der Waals surface area contributed by atoms with E-state index in [1.807, 2.05) is 42.2 Å². The van der Waals surface area contributed by atoms with Crippen molar-refractivity contribution >= 4 is 16.8 Å². The van der Waals surface area contributed by atoms with Crippen molar-refractivity contribution in [1.82, 2.24) is 9.88 Å². The lowest BCUT2D eigenvalue weighted by atomic mass is 10.0. The van der Waals surface area contributed by atoms with Crippen LogP contribution in [-0.4, -0.2) is 29.4 Å². The fraction of sp³-hybridized carbons (Fsp3) is 0.304. The van der Waals surface area contributed by atoms with Crippen LogP contribution in [0.4, 0.5) is 0 Å². The molecular formula is C23H24N2O2. The van der Waals surface area contributed by atoms with Gasteiger partial charge in [0.05, 0.1) is 29.9 Å². The molecule has 1 aromatic heterocycles. The zero-order valence-electron chi connectivity index (χ0n) is 16.0. The molecule has 1 aliphatic rings. The maximum Gasteiger partial charge on any atom is 0.256 e. The molecule has 4 rings (SSSR count). The Hall–Kier alpha value is -2.88. The van der Waals surface area contributed by atoms with Gasteiger partial charge in [0, 0.05) is 11.9 Å². The SMILES string of the molecule is COc1cccc(C2CCCN2C(=O)c2cc3cc(C)ccc3nc2C)c1. The maximum absolute atomic E-state index is 13.4. The molecule has 138 valence electrons. The Balaban J connectivity index is 1.70. The number of likely N-dealkylation sites (tertiary alicyclic amines) is 1. The van der Waals surface area contributed by atoms with Crippen molar-refractivity contribution in [3.05, 3.63) is 70.9 Å². The van der Waals surface area contributed by atoms with Gasteiger partial charge in [0.2, 0.25) is 0 Å². The van der Waals surface area contributed by atoms with Gasteiger partial charge in [0.15, 0.2) is 0 Å². The van der Waals surface area contributed by atoms with Crippen molar-refractivity contribution in [1.29, 1.82) is 0 Å². The van der Waals surface area contributed by atoms with Gasteiger partial charge in [0.25, 0.3) is 5.91 Å². The van der Waals surface area contributed by atoms with Gasteiger partial charge in [0.1, 0.15) is 5.75 Å². The molecule has 0 spiro atoms. The highest BCUT2D eigenvalue weighted by atomic mass is 16.5. The lowest BCUT2D eigenvalue weighted by Crippen LogP contribution is -2.31. The summed E-state index contributed by atoms with van der Waals surface area (Å²) in [6.45, 7) is 4.75. The van der Waals surface area contributed by atoms with Crippen LogP contribution in [0.2, 0.25) is 0 Å². The summed E-state index contributed by atoms with van der Waals surface area (Å²) in [5, 5.41) is 1.01. The molecule has 0 N–H and O–H groups in total. The first-order valence-electron chi connectivity index (χ1n) is 9.40. The van der Waals surface area contributed by atoms with E-state index in [2.05, 4.69) is 30.1 Å². The fourth-order valence-corrected chi connectivity index (χ4v) is 3.97. The summed E-state index contributed by atoms with van der Waals surface area (Å²) in [7, 11) is 1.67. The molecule has 27 heavy (non-hydrogen) atoms. The second kappa shape index (κ2) is 7.03. The van der Waals surface area contributed by atoms with Crippen molar-refractivity contribution in [3.63, 3.8) is 0 Å². The maximum atomic E-state index is 13.4. The second-order valence-corrected chi connectivity index (χ2v) is 7.25. The van der Waals surface area contributed by atoms with Gasteiger partial charge in [-0.2, -0.15) is 0 Å². The number of rotatable bonds is 3. The van der Waals surface area contributed by atoms with E-state index in [1.54, 1.807) is 7.11 Å². The molecule has 1 atom stereocenters. The summed E-state index contributed by atoms with van der Waals surface area (Å²) in [4.78, 5) is 20.0. The Labute approximate surface area is 159 Å². The summed E-state index contributed by atoms with van der Waals surface area (Å²) >= 11 is 0. The lowest BCUT2D eigenvalue weighted by Gasteiger charge is -2.26. The molecule has 2 aromatic carbocycles. The van der Waals surface area contributed by atoms with Crippen molar-refractivity contribution in [2.75, 3.05) is 13.7 Å². The van der Waals surface area contributed by atoms with Crippen molar-refractivity contribution in [2.24, 2.45) is 0 Å². The number of amides is 1. The van der Waals surface area contributed by atoms with E-state index in [0.29, 0.717) is 5.56 Å². The van der Waals surface area contributed by atoms with Gasteiger partial charge in [-0.15, -0.1) is 0 Å². The molecule has 0 aliphatic carbocycles. The van der Waals surface area contributed by atoms with Crippen LogP contribution in [0.25, 0.3) is 10.9 Å². The molecule has 1 aliphatic heterocycles. The standard InChI is InChI=1S/C23H24N2O2/c1-15-9-10-21-18(12-15)14-20(16(2)24-21)23(26)25-11-5-8-22(25)17-6-4-7-19(13-17)27-3/h4,6-7,9-10,12-14,22H,5,8,11H2,1-3H3. The number of hydrogen-bond acceptors (Lipinski definition) is 3. The summed E-state index contributed by atoms with van der Waals surface area (Å²) < 4.78 is 5.36. The number of methoxy groups -OCH3 is 1. The van der Waals surface area contributed by atoms with E-state index in [9.17, 15) is 4.79 Å². The first-order valence-corrected chi connectivity index (χ1v) is 9.40. The minimum Gasteiger partial charge on any atom is -0.497 e. The third-order valence-electron chi connectivity index (χ3n) is 5.38. The van der Waals surface area contributed by atoms with Crippen LogP contribution in [0, 0.1) is 13.8 Å². The number of fused-ring (bicyclic) bond motifs is 1. The summed E-state index contributed by atoms with van der Waals surface area (Å²) in [6.07, 6.45) is 1.98. The Kier molecular flexibility index (Phi) is 4.56. The molecule has 1 unspecified atom stereocenters. The van der Waals surface area contributed by atoms with Crippen molar-refractivity contribution < 1.29 is 9.53 Å². The molecule has 1 saturated heterocycles. The predicted octanol–water partition coefficient (Wildman–Crippen LogP) is 4.84. The number of carbonyl (C=O) groups excluding carboxylic acids is 1. The van der Waals surface area contributed by atoms with Gasteiger partial charge < -0.3 is 9.64 Å². The number of hydrogen-bond donors (Lipinski definition) is 0. The quantitative estimate of drug-likeness (QED) is 0.671. The zero-order chi connectivity index (χ0) is 19.0. The number of nitrogens with zero attached hydrogens (tertiary/aromatic N) is 2. The smallest absolute Gasteiger partial charge is 0.256 e. The number of carbonyl (C=O) groups is 1. The highest BCUT2D eigenvalue weighted by molar-refractivity contribution is 5.99. The average Bonchev–Trinajstić information content (AvgIpc) is 3.17. The van der Waals surface area contributed by atoms with Gasteiger partial charge >= 0.3 is 0 Å². The Morgan fingerprint density at radius 1 is 1.15 bits per heavy atom. The molecule has 4 nitrogen and oxygen atoms in total. The monoisotopic (exact) mass is 360 g/mol. The first kappa shape index (κ1) is 17.5. The molecule has 4 heteroatoms. The normalized spacial score (nSPS) is 16.7. The average molecular weight is 360 g/mol. The zero-order valence-corrected chi connectivity index (χ0v) is 16.0. The third kappa shape index (κ3) is 3.27. The van der Waals surface area contributed by atoms with E-state index in [1.165, 1.54) is 5.56 Å². The molecule has 0 saturated carbocycles. The van der Waals surface area contributed by atoms with Crippen LogP contribution >= 0.6 is 0 Å². The topological polar surface area (TPSA) is 42.4 Å². The molecule has 0 bridgehead atoms. The third-order valence-corrected chi connectivity index (χ3v) is 5.38. The summed E-state index contributed by atoms with van der Waals surface area (Å²) in [5.41, 5.74) is 4.71. The molecule has 3 aromatic rings. The molecule has 2 heterocycles. The van der Waals surface area contributed by atoms with E-state index in [4.69, 9.17) is 4.74 Å². The van der Waals surface area contributed by atoms with E-state index in [0.717, 1.165) is 47.3 Å². The predicted molar refractivity (Wildman–Crippen MR) is 107 cm³/mol. The van der Waals surface area contributed by atoms with Gasteiger partial charge in [-0.3, -0.25) is 9.78 Å². The second-order valence-electron chi connectivity index (χ2n) is 7.25. The Morgan fingerprint density at radius 3 is 2.81 bits per heavy atom. The minimum absolute atomic E-state index is 0.0636. The van der Waals surface area contributed by atoms with Crippen LogP contribution in [0.3, 0.4) is 0 Å². The van der Waals surface area contributed by atoms with E-state index < -0.39 is 0 Å². The van der Waals surface area contributed by atoms with Crippen LogP contribution in [0.15, 0.2) is 48.5 Å². The van der Waals surface area contributed by atoms with Crippen LogP contribution in [-0.2, 0) is 0 Å². The minimum atomic E-state index is 0.0636. The molecule has 1 amide bonds. The number of ether oxygens (including phenoxy) is 1. The van der Waals surface area contributed by atoms with Crippen LogP contribution < -0.4 is 4.74 Å². The Morgan fingerprint density at radius 2 is 2.00 bits per heavy atom. The number of aryl methyl sites for hydroxylation is 2.